The van der Waals surface area contributed by atoms with Crippen molar-refractivity contribution in [3.05, 3.63) is 59.7 Å². The molecule has 0 aromatic heterocycles. The molecule has 0 saturated carbocycles. The number of rotatable bonds is 46. The van der Waals surface area contributed by atoms with Crippen molar-refractivity contribution >= 4 is 41.5 Å². The number of carbonyl (C=O) groups excluding carboxylic acids is 6. The smallest absolute Gasteiger partial charge is 0.407 e. The number of amides is 2. The Morgan fingerprint density at radius 3 is 1.28 bits per heavy atom. The highest BCUT2D eigenvalue weighted by Gasteiger charge is 2.24. The minimum atomic E-state index is -1.08. The van der Waals surface area contributed by atoms with Crippen molar-refractivity contribution < 1.29 is 100 Å². The number of nitrogens with one attached hydrogen (secondary N) is 2. The lowest BCUT2D eigenvalue weighted by Crippen LogP contribution is -2.42. The second-order valence-corrected chi connectivity index (χ2v) is 21.7. The number of alkyl carbamates (subject to hydrolysis) is 1. The first-order valence-corrected chi connectivity index (χ1v) is 27.9. The average molecular weight is 1170 g/mol. The van der Waals surface area contributed by atoms with Crippen LogP contribution in [0.25, 0.3) is 0 Å². The van der Waals surface area contributed by atoms with Gasteiger partial charge < -0.3 is 77.3 Å². The predicted octanol–water partition coefficient (Wildman–Crippen LogP) is 5.84. The van der Waals surface area contributed by atoms with Gasteiger partial charge >= 0.3 is 24.0 Å². The monoisotopic (exact) mass is 1160 g/mol. The first-order chi connectivity index (χ1) is 38.9. The van der Waals surface area contributed by atoms with Gasteiger partial charge in [-0.15, -0.1) is 0 Å². The van der Waals surface area contributed by atoms with Crippen LogP contribution in [0.2, 0.25) is 0 Å². The number of carboxylic acids is 1. The van der Waals surface area contributed by atoms with Crippen LogP contribution in [0.1, 0.15) is 106 Å². The number of ketones is 2. The van der Waals surface area contributed by atoms with Gasteiger partial charge in [-0.1, -0.05) is 24.3 Å². The molecule has 3 N–H and O–H groups in total. The highest BCUT2D eigenvalue weighted by atomic mass is 16.6. The van der Waals surface area contributed by atoms with Gasteiger partial charge in [0, 0.05) is 38.8 Å². The molecule has 0 aliphatic heterocycles. The third-order valence-electron chi connectivity index (χ3n) is 10.7. The van der Waals surface area contributed by atoms with E-state index in [0.29, 0.717) is 103 Å². The van der Waals surface area contributed by atoms with Crippen molar-refractivity contribution in [2.24, 2.45) is 5.92 Å². The van der Waals surface area contributed by atoms with Gasteiger partial charge in [-0.05, 0) is 117 Å². The quantitative estimate of drug-likeness (QED) is 0.0398. The Morgan fingerprint density at radius 2 is 0.854 bits per heavy atom. The maximum atomic E-state index is 13.5. The lowest BCUT2D eigenvalue weighted by molar-refractivity contribution is -0.158. The molecule has 0 saturated heterocycles. The molecule has 0 radical (unpaired) electrons. The zero-order valence-electron chi connectivity index (χ0n) is 49.8. The number of esters is 2. The van der Waals surface area contributed by atoms with Gasteiger partial charge in [-0.2, -0.15) is 0 Å². The first kappa shape index (κ1) is 72.3. The molecule has 2 rings (SSSR count). The molecular formula is C59H92N2O21. The molecule has 0 fully saturated rings. The van der Waals surface area contributed by atoms with Gasteiger partial charge in [0.15, 0.2) is 19.0 Å². The maximum Gasteiger partial charge on any atom is 0.407 e. The van der Waals surface area contributed by atoms with Gasteiger partial charge in [-0.3, -0.25) is 19.2 Å². The molecule has 23 nitrogen and oxygen atoms in total. The number of hydrogen-bond acceptors (Lipinski definition) is 20. The van der Waals surface area contributed by atoms with Crippen LogP contribution in [0.3, 0.4) is 0 Å². The van der Waals surface area contributed by atoms with Crippen molar-refractivity contribution in [2.75, 3.05) is 125 Å². The van der Waals surface area contributed by atoms with E-state index in [1.807, 2.05) is 0 Å². The van der Waals surface area contributed by atoms with Crippen LogP contribution in [0, 0.1) is 5.92 Å². The Bertz CT molecular complexity index is 2130. The number of ether oxygens (including phenoxy) is 13. The summed E-state index contributed by atoms with van der Waals surface area (Å²) in [4.78, 5) is 86.7. The largest absolute Gasteiger partial charge is 0.482 e. The fraction of sp³-hybridized carbons (Fsp3) is 0.678. The first-order valence-electron chi connectivity index (χ1n) is 27.9. The van der Waals surface area contributed by atoms with E-state index >= 15 is 0 Å². The van der Waals surface area contributed by atoms with Gasteiger partial charge in [0.05, 0.1) is 111 Å². The lowest BCUT2D eigenvalue weighted by Gasteiger charge is -2.20. The van der Waals surface area contributed by atoms with Crippen molar-refractivity contribution in [1.82, 2.24) is 10.6 Å². The molecule has 2 aromatic carbocycles. The van der Waals surface area contributed by atoms with Crippen LogP contribution in [-0.2, 0) is 93.7 Å². The molecule has 2 aromatic rings. The predicted molar refractivity (Wildman–Crippen MR) is 300 cm³/mol. The van der Waals surface area contributed by atoms with Crippen molar-refractivity contribution in [2.45, 2.75) is 130 Å². The SMILES string of the molecule is CC(C)(C)OC(=O)COc1ccc(CC(CC(=O)CCOCCOCCOCCOCCCC(=O)C(Cc2ccc(OCC(=O)OC(C)(C)C)cc2)NC(=O)CCOCCOCCOCCOCCNC(=O)OC(C)(C)C)C(=O)O)cc1. The van der Waals surface area contributed by atoms with Crippen molar-refractivity contribution in [3.8, 4) is 11.5 Å². The van der Waals surface area contributed by atoms with Crippen LogP contribution >= 0.6 is 0 Å². The average Bonchev–Trinajstić information content (AvgIpc) is 3.40. The number of carboxylic acid groups (broad SMARTS) is 1. The van der Waals surface area contributed by atoms with Crippen LogP contribution in [-0.4, -0.2) is 195 Å². The van der Waals surface area contributed by atoms with E-state index in [1.165, 1.54) is 0 Å². The fourth-order valence-corrected chi connectivity index (χ4v) is 7.06. The van der Waals surface area contributed by atoms with Crippen LogP contribution < -0.4 is 20.1 Å². The zero-order valence-corrected chi connectivity index (χ0v) is 49.8. The Morgan fingerprint density at radius 1 is 0.463 bits per heavy atom. The third-order valence-corrected chi connectivity index (χ3v) is 10.7. The summed E-state index contributed by atoms with van der Waals surface area (Å²) in [5.41, 5.74) is -0.360. The summed E-state index contributed by atoms with van der Waals surface area (Å²) in [7, 11) is 0. The lowest BCUT2D eigenvalue weighted by atomic mass is 9.93. The third kappa shape index (κ3) is 40.4. The molecule has 0 aliphatic carbocycles. The Labute approximate surface area is 483 Å². The molecule has 2 amide bonds. The molecular weight excluding hydrogens is 1070 g/mol. The second kappa shape index (κ2) is 41.2. The molecule has 464 valence electrons. The molecule has 0 aliphatic rings. The summed E-state index contributed by atoms with van der Waals surface area (Å²) < 4.78 is 71.0. The highest BCUT2D eigenvalue weighted by Crippen LogP contribution is 2.20. The van der Waals surface area contributed by atoms with Gasteiger partial charge in [0.25, 0.3) is 0 Å². The number of aliphatic carboxylic acids is 1. The number of benzene rings is 2. The molecule has 2 unspecified atom stereocenters. The van der Waals surface area contributed by atoms with Gasteiger partial charge in [0.1, 0.15) is 34.1 Å². The molecule has 0 spiro atoms. The Balaban J connectivity index is 1.62. The summed E-state index contributed by atoms with van der Waals surface area (Å²) >= 11 is 0. The normalized spacial score (nSPS) is 12.5. The molecule has 2 atom stereocenters. The van der Waals surface area contributed by atoms with Crippen molar-refractivity contribution in [1.29, 1.82) is 0 Å². The number of Topliss-reactive ketones (excluding diaryl/α,β-unsaturated/α-hetero) is 2. The fourth-order valence-electron chi connectivity index (χ4n) is 7.06. The molecule has 82 heavy (non-hydrogen) atoms. The van der Waals surface area contributed by atoms with Crippen LogP contribution in [0.5, 0.6) is 11.5 Å². The highest BCUT2D eigenvalue weighted by molar-refractivity contribution is 5.89. The summed E-state index contributed by atoms with van der Waals surface area (Å²) in [6.45, 7) is 20.3. The minimum Gasteiger partial charge on any atom is -0.482 e. The summed E-state index contributed by atoms with van der Waals surface area (Å²) in [6, 6.07) is 12.8. The zero-order chi connectivity index (χ0) is 60.7. The standard InChI is InChI=1S/C59H92N2O21/c1-57(2,3)80-53(65)42-78-48-16-12-44(13-17-48)39-46(55(67)68)41-47(62)20-24-71-28-32-75-36-35-74-31-27-70-23-10-11-51(63)50(40-45-14-18-49(19-15-45)79-43-54(66)81-58(4,5)6)61-52(64)21-25-72-29-33-76-37-38-77-34-30-73-26-22-60-56(69)82-59(7,8)9/h12-19,46,50H,10-11,20-43H2,1-9H3,(H,60,69)(H,61,64)(H,67,68). The number of carbonyl (C=O) groups is 7. The minimum absolute atomic E-state index is 0.0270. The number of hydrogen-bond donors (Lipinski definition) is 3. The van der Waals surface area contributed by atoms with E-state index in [4.69, 9.17) is 61.6 Å². The van der Waals surface area contributed by atoms with E-state index in [-0.39, 0.29) is 102 Å². The van der Waals surface area contributed by atoms with Gasteiger partial charge in [0.2, 0.25) is 5.91 Å². The van der Waals surface area contributed by atoms with Crippen LogP contribution in [0.4, 0.5) is 4.79 Å². The Hall–Kier alpha value is -5.79. The van der Waals surface area contributed by atoms with E-state index < -0.39 is 52.8 Å². The maximum absolute atomic E-state index is 13.5. The summed E-state index contributed by atoms with van der Waals surface area (Å²) in [5.74, 6) is -2.86. The van der Waals surface area contributed by atoms with E-state index in [0.717, 1.165) is 5.56 Å². The van der Waals surface area contributed by atoms with Gasteiger partial charge in [-0.25, -0.2) is 14.4 Å². The van der Waals surface area contributed by atoms with E-state index in [1.54, 1.807) is 111 Å². The van der Waals surface area contributed by atoms with Crippen LogP contribution in [0.15, 0.2) is 48.5 Å². The van der Waals surface area contributed by atoms with E-state index in [9.17, 15) is 38.7 Å². The molecule has 0 bridgehead atoms. The van der Waals surface area contributed by atoms with E-state index in [2.05, 4.69) is 10.6 Å². The van der Waals surface area contributed by atoms with Crippen molar-refractivity contribution in [3.63, 3.8) is 0 Å². The Kier molecular flexibility index (Phi) is 36.4. The molecule has 0 heterocycles. The second-order valence-electron chi connectivity index (χ2n) is 21.7. The topological polar surface area (TPSA) is 284 Å². The summed E-state index contributed by atoms with van der Waals surface area (Å²) in [6.07, 6.45) is 0.394. The molecule has 23 heteroatoms. The summed E-state index contributed by atoms with van der Waals surface area (Å²) in [5, 5.41) is 15.2.